The number of hydrogen-bond donors (Lipinski definition) is 1. The molecule has 2 aromatic rings. The van der Waals surface area contributed by atoms with Gasteiger partial charge in [0, 0.05) is 5.56 Å². The van der Waals surface area contributed by atoms with Crippen LogP contribution in [0.5, 0.6) is 0 Å². The van der Waals surface area contributed by atoms with Gasteiger partial charge in [0.1, 0.15) is 0 Å². The highest BCUT2D eigenvalue weighted by atomic mass is 35.5. The van der Waals surface area contributed by atoms with E-state index < -0.39 is 0 Å². The Hall–Kier alpha value is -2.82. The molecule has 0 fully saturated rings. The number of amides is 1. The number of carbonyl (C=O) groups is 1. The Bertz CT molecular complexity index is 739. The third kappa shape index (κ3) is 2.95. The monoisotopic (exact) mass is 281 g/mol. The van der Waals surface area contributed by atoms with Crippen LogP contribution in [0.15, 0.2) is 42.5 Å². The van der Waals surface area contributed by atoms with Crippen LogP contribution in [0.25, 0.3) is 0 Å². The first-order valence-electron chi connectivity index (χ1n) is 5.65. The number of nitrogens with zero attached hydrogens (tertiary/aromatic N) is 2. The SMILES string of the molecule is N#Cc1ccc(C(=O)Nc2ccc(C#N)cc2Cl)cc1. The molecule has 0 aliphatic heterocycles. The predicted octanol–water partition coefficient (Wildman–Crippen LogP) is 3.34. The summed E-state index contributed by atoms with van der Waals surface area (Å²) in [6.07, 6.45) is 0. The van der Waals surface area contributed by atoms with Crippen LogP contribution in [0, 0.1) is 22.7 Å². The van der Waals surface area contributed by atoms with E-state index in [1.165, 1.54) is 6.07 Å². The number of nitrogens with one attached hydrogen (secondary N) is 1. The molecule has 0 bridgehead atoms. The third-order valence-electron chi connectivity index (χ3n) is 2.62. The summed E-state index contributed by atoms with van der Waals surface area (Å²) in [6.45, 7) is 0. The number of anilines is 1. The van der Waals surface area contributed by atoms with Crippen molar-refractivity contribution in [2.45, 2.75) is 0 Å². The molecule has 0 saturated heterocycles. The van der Waals surface area contributed by atoms with Gasteiger partial charge in [-0.2, -0.15) is 10.5 Å². The van der Waals surface area contributed by atoms with Gasteiger partial charge in [0.15, 0.2) is 0 Å². The maximum Gasteiger partial charge on any atom is 0.255 e. The summed E-state index contributed by atoms with van der Waals surface area (Å²) >= 11 is 5.98. The van der Waals surface area contributed by atoms with E-state index in [0.29, 0.717) is 27.4 Å². The van der Waals surface area contributed by atoms with Crippen molar-refractivity contribution in [1.82, 2.24) is 0 Å². The van der Waals surface area contributed by atoms with Crippen LogP contribution in [-0.4, -0.2) is 5.91 Å². The average molecular weight is 282 g/mol. The molecule has 0 unspecified atom stereocenters. The molecular formula is C15H8ClN3O. The van der Waals surface area contributed by atoms with Crippen molar-refractivity contribution in [3.63, 3.8) is 0 Å². The summed E-state index contributed by atoms with van der Waals surface area (Å²) in [5.74, 6) is -0.332. The molecule has 0 aliphatic rings. The summed E-state index contributed by atoms with van der Waals surface area (Å²) in [4.78, 5) is 12.0. The van der Waals surface area contributed by atoms with E-state index in [9.17, 15) is 4.79 Å². The fourth-order valence-electron chi connectivity index (χ4n) is 1.58. The zero-order valence-electron chi connectivity index (χ0n) is 10.2. The Kier molecular flexibility index (Phi) is 4.00. The molecule has 0 atom stereocenters. The molecule has 0 aromatic heterocycles. The van der Waals surface area contributed by atoms with E-state index >= 15 is 0 Å². The lowest BCUT2D eigenvalue weighted by Gasteiger charge is -2.07. The van der Waals surface area contributed by atoms with Crippen LogP contribution < -0.4 is 5.32 Å². The van der Waals surface area contributed by atoms with Gasteiger partial charge < -0.3 is 5.32 Å². The standard InChI is InChI=1S/C15H8ClN3O/c16-13-7-11(9-18)3-6-14(13)19-15(20)12-4-1-10(8-17)2-5-12/h1-7H,(H,19,20). The predicted molar refractivity (Wildman–Crippen MR) is 75.3 cm³/mol. The lowest BCUT2D eigenvalue weighted by atomic mass is 10.1. The quantitative estimate of drug-likeness (QED) is 0.917. The minimum absolute atomic E-state index is 0.297. The van der Waals surface area contributed by atoms with Gasteiger partial charge in [-0.1, -0.05) is 11.6 Å². The number of nitriles is 2. The Morgan fingerprint density at radius 2 is 1.60 bits per heavy atom. The minimum Gasteiger partial charge on any atom is -0.321 e. The molecule has 0 radical (unpaired) electrons. The van der Waals surface area contributed by atoms with Crippen molar-refractivity contribution in [3.8, 4) is 12.1 Å². The zero-order chi connectivity index (χ0) is 14.5. The first kappa shape index (κ1) is 13.6. The van der Waals surface area contributed by atoms with Crippen LogP contribution in [0.3, 0.4) is 0 Å². The molecule has 2 rings (SSSR count). The Morgan fingerprint density at radius 1 is 1.00 bits per heavy atom. The summed E-state index contributed by atoms with van der Waals surface area (Å²) in [5, 5.41) is 20.4. The van der Waals surface area contributed by atoms with E-state index in [1.807, 2.05) is 12.1 Å². The van der Waals surface area contributed by atoms with E-state index in [1.54, 1.807) is 36.4 Å². The Morgan fingerprint density at radius 3 is 2.15 bits per heavy atom. The van der Waals surface area contributed by atoms with Crippen molar-refractivity contribution in [2.75, 3.05) is 5.32 Å². The second-order valence-corrected chi connectivity index (χ2v) is 4.36. The molecule has 20 heavy (non-hydrogen) atoms. The summed E-state index contributed by atoms with van der Waals surface area (Å²) < 4.78 is 0. The van der Waals surface area contributed by atoms with E-state index in [2.05, 4.69) is 5.32 Å². The molecular weight excluding hydrogens is 274 g/mol. The van der Waals surface area contributed by atoms with Crippen molar-refractivity contribution in [2.24, 2.45) is 0 Å². The highest BCUT2D eigenvalue weighted by molar-refractivity contribution is 6.34. The van der Waals surface area contributed by atoms with Gasteiger partial charge in [-0.15, -0.1) is 0 Å². The van der Waals surface area contributed by atoms with Crippen molar-refractivity contribution in [3.05, 3.63) is 64.2 Å². The molecule has 0 aliphatic carbocycles. The average Bonchev–Trinajstić information content (AvgIpc) is 2.49. The lowest BCUT2D eigenvalue weighted by molar-refractivity contribution is 0.102. The van der Waals surface area contributed by atoms with E-state index in [0.717, 1.165) is 0 Å². The third-order valence-corrected chi connectivity index (χ3v) is 2.94. The highest BCUT2D eigenvalue weighted by Crippen LogP contribution is 2.23. The second-order valence-electron chi connectivity index (χ2n) is 3.95. The normalized spacial score (nSPS) is 9.35. The molecule has 96 valence electrons. The Labute approximate surface area is 120 Å². The summed E-state index contributed by atoms with van der Waals surface area (Å²) in [6, 6.07) is 14.8. The van der Waals surface area contributed by atoms with Crippen LogP contribution >= 0.6 is 11.6 Å². The lowest BCUT2D eigenvalue weighted by Crippen LogP contribution is -2.12. The zero-order valence-corrected chi connectivity index (χ0v) is 11.0. The smallest absolute Gasteiger partial charge is 0.255 e. The van der Waals surface area contributed by atoms with E-state index in [4.69, 9.17) is 22.1 Å². The number of hydrogen-bond acceptors (Lipinski definition) is 3. The second kappa shape index (κ2) is 5.88. The first-order valence-corrected chi connectivity index (χ1v) is 6.03. The van der Waals surface area contributed by atoms with Gasteiger partial charge in [0.05, 0.1) is 34.0 Å². The van der Waals surface area contributed by atoms with Crippen LogP contribution in [0.4, 0.5) is 5.69 Å². The molecule has 0 heterocycles. The van der Waals surface area contributed by atoms with Crippen LogP contribution in [0.2, 0.25) is 5.02 Å². The molecule has 1 amide bonds. The largest absolute Gasteiger partial charge is 0.321 e. The number of benzene rings is 2. The van der Waals surface area contributed by atoms with Gasteiger partial charge in [0.2, 0.25) is 0 Å². The van der Waals surface area contributed by atoms with Gasteiger partial charge in [-0.05, 0) is 42.5 Å². The van der Waals surface area contributed by atoms with Crippen molar-refractivity contribution >= 4 is 23.2 Å². The number of halogens is 1. The molecule has 4 nitrogen and oxygen atoms in total. The fourth-order valence-corrected chi connectivity index (χ4v) is 1.80. The maximum atomic E-state index is 12.0. The summed E-state index contributed by atoms with van der Waals surface area (Å²) in [7, 11) is 0. The molecule has 0 saturated carbocycles. The topological polar surface area (TPSA) is 76.7 Å². The number of rotatable bonds is 2. The molecule has 0 spiro atoms. The summed E-state index contributed by atoms with van der Waals surface area (Å²) in [5.41, 5.74) is 1.76. The van der Waals surface area contributed by atoms with Crippen LogP contribution in [0.1, 0.15) is 21.5 Å². The molecule has 1 N–H and O–H groups in total. The maximum absolute atomic E-state index is 12.0. The van der Waals surface area contributed by atoms with E-state index in [-0.39, 0.29) is 5.91 Å². The highest BCUT2D eigenvalue weighted by Gasteiger charge is 2.09. The molecule has 2 aromatic carbocycles. The molecule has 5 heteroatoms. The Balaban J connectivity index is 2.19. The minimum atomic E-state index is -0.332. The van der Waals surface area contributed by atoms with Crippen molar-refractivity contribution in [1.29, 1.82) is 10.5 Å². The van der Waals surface area contributed by atoms with Gasteiger partial charge in [-0.25, -0.2) is 0 Å². The number of carbonyl (C=O) groups excluding carboxylic acids is 1. The van der Waals surface area contributed by atoms with Crippen molar-refractivity contribution < 1.29 is 4.79 Å². The van der Waals surface area contributed by atoms with Gasteiger partial charge in [-0.3, -0.25) is 4.79 Å². The van der Waals surface area contributed by atoms with Crippen LogP contribution in [-0.2, 0) is 0 Å². The van der Waals surface area contributed by atoms with Gasteiger partial charge in [0.25, 0.3) is 5.91 Å². The van der Waals surface area contributed by atoms with Gasteiger partial charge >= 0.3 is 0 Å². The first-order chi connectivity index (χ1) is 9.63. The fraction of sp³-hybridized carbons (Fsp3) is 0.